The van der Waals surface area contributed by atoms with Gasteiger partial charge in [-0.3, -0.25) is 4.79 Å². The van der Waals surface area contributed by atoms with Crippen molar-refractivity contribution < 1.29 is 9.32 Å². The molecule has 3 aromatic rings. The van der Waals surface area contributed by atoms with Gasteiger partial charge >= 0.3 is 0 Å². The monoisotopic (exact) mass is 327 g/mol. The van der Waals surface area contributed by atoms with Gasteiger partial charge in [0.2, 0.25) is 11.7 Å². The summed E-state index contributed by atoms with van der Waals surface area (Å²) in [5, 5.41) is 5.92. The minimum absolute atomic E-state index is 0.0571. The number of rotatable bonds is 4. The van der Waals surface area contributed by atoms with Crippen LogP contribution in [-0.4, -0.2) is 28.0 Å². The maximum Gasteiger partial charge on any atom is 0.254 e. The van der Waals surface area contributed by atoms with Crippen LogP contribution in [0, 0.1) is 13.8 Å². The maximum atomic E-state index is 12.6. The quantitative estimate of drug-likeness (QED) is 0.733. The van der Waals surface area contributed by atoms with Gasteiger partial charge in [0.05, 0.1) is 11.4 Å². The summed E-state index contributed by atoms with van der Waals surface area (Å²) in [4.78, 5) is 19.4. The van der Waals surface area contributed by atoms with Crippen LogP contribution in [0.15, 0.2) is 40.2 Å². The van der Waals surface area contributed by atoms with Gasteiger partial charge in [-0.15, -0.1) is 11.3 Å². The third kappa shape index (κ3) is 3.32. The van der Waals surface area contributed by atoms with Gasteiger partial charge < -0.3 is 9.42 Å². The van der Waals surface area contributed by atoms with Crippen molar-refractivity contribution in [2.75, 3.05) is 7.05 Å². The molecule has 0 spiro atoms. The number of thiophene rings is 1. The number of hydrogen-bond donors (Lipinski definition) is 0. The Bertz CT molecular complexity index is 824. The minimum Gasteiger partial charge on any atom is -0.337 e. The van der Waals surface area contributed by atoms with Gasteiger partial charge in [-0.2, -0.15) is 4.98 Å². The van der Waals surface area contributed by atoms with Crippen molar-refractivity contribution in [3.8, 4) is 10.7 Å². The fourth-order valence-electron chi connectivity index (χ4n) is 2.36. The third-order valence-electron chi connectivity index (χ3n) is 3.54. The molecule has 118 valence electrons. The molecule has 23 heavy (non-hydrogen) atoms. The Morgan fingerprint density at radius 2 is 2.13 bits per heavy atom. The summed E-state index contributed by atoms with van der Waals surface area (Å²) in [5.74, 6) is 0.926. The van der Waals surface area contributed by atoms with E-state index < -0.39 is 0 Å². The molecular weight excluding hydrogens is 310 g/mol. The first-order valence-corrected chi connectivity index (χ1v) is 8.12. The number of nitrogens with zero attached hydrogens (tertiary/aromatic N) is 3. The van der Waals surface area contributed by atoms with Crippen LogP contribution in [0.4, 0.5) is 0 Å². The summed E-state index contributed by atoms with van der Waals surface area (Å²) in [6.45, 7) is 4.23. The molecule has 0 fully saturated rings. The van der Waals surface area contributed by atoms with Crippen molar-refractivity contribution in [1.82, 2.24) is 15.0 Å². The summed E-state index contributed by atoms with van der Waals surface area (Å²) in [6.07, 6.45) is 0. The Hall–Kier alpha value is -2.47. The molecule has 0 N–H and O–H groups in total. The first-order valence-electron chi connectivity index (χ1n) is 7.24. The topological polar surface area (TPSA) is 59.2 Å². The van der Waals surface area contributed by atoms with Gasteiger partial charge in [-0.25, -0.2) is 0 Å². The van der Waals surface area contributed by atoms with Crippen molar-refractivity contribution in [2.24, 2.45) is 0 Å². The molecule has 0 atom stereocenters. The number of carbonyl (C=O) groups is 1. The number of benzene rings is 1. The van der Waals surface area contributed by atoms with Gasteiger partial charge in [-0.1, -0.05) is 28.9 Å². The SMILES string of the molecule is Cc1ccc(C(=O)N(C)Cc2nc(-c3cccs3)no2)c(C)c1. The molecule has 0 aliphatic heterocycles. The number of hydrogen-bond acceptors (Lipinski definition) is 5. The largest absolute Gasteiger partial charge is 0.337 e. The molecule has 1 amide bonds. The lowest BCUT2D eigenvalue weighted by molar-refractivity contribution is 0.0769. The summed E-state index contributed by atoms with van der Waals surface area (Å²) in [5.41, 5.74) is 2.79. The number of amides is 1. The normalized spacial score (nSPS) is 10.7. The van der Waals surface area contributed by atoms with E-state index in [1.807, 2.05) is 49.6 Å². The second-order valence-electron chi connectivity index (χ2n) is 5.47. The Morgan fingerprint density at radius 3 is 2.83 bits per heavy atom. The molecule has 0 bridgehead atoms. The van der Waals surface area contributed by atoms with Crippen LogP contribution in [0.2, 0.25) is 0 Å². The van der Waals surface area contributed by atoms with Gasteiger partial charge in [0, 0.05) is 12.6 Å². The number of carbonyl (C=O) groups excluding carboxylic acids is 1. The molecule has 1 aromatic carbocycles. The molecule has 6 heteroatoms. The summed E-state index contributed by atoms with van der Waals surface area (Å²) >= 11 is 1.55. The van der Waals surface area contributed by atoms with Crippen LogP contribution in [0.5, 0.6) is 0 Å². The molecule has 3 rings (SSSR count). The summed E-state index contributed by atoms with van der Waals surface area (Å²) < 4.78 is 5.25. The lowest BCUT2D eigenvalue weighted by Gasteiger charge is -2.16. The Labute approximate surface area is 138 Å². The molecule has 0 saturated carbocycles. The molecule has 2 aromatic heterocycles. The van der Waals surface area contributed by atoms with Crippen molar-refractivity contribution in [1.29, 1.82) is 0 Å². The highest BCUT2D eigenvalue weighted by Gasteiger charge is 2.17. The maximum absolute atomic E-state index is 12.6. The van der Waals surface area contributed by atoms with E-state index in [-0.39, 0.29) is 12.5 Å². The molecule has 0 unspecified atom stereocenters. The fraction of sp³-hybridized carbons (Fsp3) is 0.235. The highest BCUT2D eigenvalue weighted by Crippen LogP contribution is 2.22. The molecule has 5 nitrogen and oxygen atoms in total. The highest BCUT2D eigenvalue weighted by molar-refractivity contribution is 7.13. The lowest BCUT2D eigenvalue weighted by Crippen LogP contribution is -2.27. The molecular formula is C17H17N3O2S. The minimum atomic E-state index is -0.0571. The zero-order valence-electron chi connectivity index (χ0n) is 13.2. The Balaban J connectivity index is 1.74. The summed E-state index contributed by atoms with van der Waals surface area (Å²) in [7, 11) is 1.73. The average molecular weight is 327 g/mol. The second-order valence-corrected chi connectivity index (χ2v) is 6.42. The van der Waals surface area contributed by atoms with Crippen LogP contribution >= 0.6 is 11.3 Å². The third-order valence-corrected chi connectivity index (χ3v) is 4.41. The van der Waals surface area contributed by atoms with E-state index in [1.165, 1.54) is 0 Å². The van der Waals surface area contributed by atoms with Crippen LogP contribution < -0.4 is 0 Å². The van der Waals surface area contributed by atoms with Crippen LogP contribution in [0.1, 0.15) is 27.4 Å². The molecule has 0 aliphatic rings. The van der Waals surface area contributed by atoms with E-state index in [0.717, 1.165) is 16.0 Å². The fourth-order valence-corrected chi connectivity index (χ4v) is 3.01. The highest BCUT2D eigenvalue weighted by atomic mass is 32.1. The predicted octanol–water partition coefficient (Wildman–Crippen LogP) is 3.69. The van der Waals surface area contributed by atoms with Gasteiger partial charge in [0.25, 0.3) is 5.91 Å². The Kier molecular flexibility index (Phi) is 4.25. The van der Waals surface area contributed by atoms with Crippen LogP contribution in [0.25, 0.3) is 10.7 Å². The molecule has 2 heterocycles. The molecule has 0 radical (unpaired) electrons. The first kappa shape index (κ1) is 15.4. The van der Waals surface area contributed by atoms with E-state index in [1.54, 1.807) is 23.3 Å². The van der Waals surface area contributed by atoms with E-state index in [2.05, 4.69) is 10.1 Å². The van der Waals surface area contributed by atoms with E-state index in [9.17, 15) is 4.79 Å². The number of aromatic nitrogens is 2. The number of aryl methyl sites for hydroxylation is 2. The first-order chi connectivity index (χ1) is 11.0. The van der Waals surface area contributed by atoms with E-state index in [4.69, 9.17) is 4.52 Å². The zero-order chi connectivity index (χ0) is 16.4. The van der Waals surface area contributed by atoms with Crippen LogP contribution in [-0.2, 0) is 6.54 Å². The van der Waals surface area contributed by atoms with E-state index >= 15 is 0 Å². The smallest absolute Gasteiger partial charge is 0.254 e. The van der Waals surface area contributed by atoms with Gasteiger partial charge in [-0.05, 0) is 36.9 Å². The van der Waals surface area contributed by atoms with Crippen molar-refractivity contribution >= 4 is 17.2 Å². The lowest BCUT2D eigenvalue weighted by atomic mass is 10.0. The summed E-state index contributed by atoms with van der Waals surface area (Å²) in [6, 6.07) is 9.67. The van der Waals surface area contributed by atoms with E-state index in [0.29, 0.717) is 17.3 Å². The molecule has 0 saturated heterocycles. The standard InChI is InChI=1S/C17H17N3O2S/c1-11-6-7-13(12(2)9-11)17(21)20(3)10-15-18-16(19-22-15)14-5-4-8-23-14/h4-9H,10H2,1-3H3. The van der Waals surface area contributed by atoms with Gasteiger partial charge in [0.15, 0.2) is 0 Å². The van der Waals surface area contributed by atoms with Gasteiger partial charge in [0.1, 0.15) is 0 Å². The average Bonchev–Trinajstić information content (AvgIpc) is 3.17. The predicted molar refractivity (Wildman–Crippen MR) is 89.3 cm³/mol. The van der Waals surface area contributed by atoms with Crippen molar-refractivity contribution in [2.45, 2.75) is 20.4 Å². The van der Waals surface area contributed by atoms with Crippen molar-refractivity contribution in [3.05, 3.63) is 58.3 Å². The Morgan fingerprint density at radius 1 is 1.30 bits per heavy atom. The zero-order valence-corrected chi connectivity index (χ0v) is 14.1. The van der Waals surface area contributed by atoms with Crippen molar-refractivity contribution in [3.63, 3.8) is 0 Å². The molecule has 0 aliphatic carbocycles. The van der Waals surface area contributed by atoms with Crippen LogP contribution in [0.3, 0.4) is 0 Å². The second kappa shape index (κ2) is 6.34.